The quantitative estimate of drug-likeness (QED) is 0.835. The van der Waals surface area contributed by atoms with Gasteiger partial charge >= 0.3 is 0 Å². The van der Waals surface area contributed by atoms with Gasteiger partial charge in [0.25, 0.3) is 0 Å². The predicted octanol–water partition coefficient (Wildman–Crippen LogP) is 2.83. The van der Waals surface area contributed by atoms with Crippen molar-refractivity contribution in [1.82, 2.24) is 9.78 Å². The second kappa shape index (κ2) is 6.26. The lowest BCUT2D eigenvalue weighted by Crippen LogP contribution is -2.19. The Labute approximate surface area is 103 Å². The highest BCUT2D eigenvalue weighted by Gasteiger charge is 2.11. The molecule has 0 aliphatic carbocycles. The lowest BCUT2D eigenvalue weighted by Gasteiger charge is -2.09. The van der Waals surface area contributed by atoms with Gasteiger partial charge in [-0.25, -0.2) is 0 Å². The zero-order chi connectivity index (χ0) is 12.1. The van der Waals surface area contributed by atoms with Crippen LogP contribution < -0.4 is 5.73 Å². The maximum Gasteiger partial charge on any atom is 0.130 e. The minimum absolute atomic E-state index is 0.334. The Hall–Kier alpha value is -0.540. The molecule has 0 fully saturated rings. The van der Waals surface area contributed by atoms with E-state index in [9.17, 15) is 0 Å². The molecule has 0 amide bonds. The number of nitrogens with two attached hydrogens (primary N) is 1. The van der Waals surface area contributed by atoms with E-state index >= 15 is 0 Å². The van der Waals surface area contributed by atoms with Gasteiger partial charge in [-0.15, -0.1) is 0 Å². The number of hydrogen-bond acceptors (Lipinski definition) is 2. The van der Waals surface area contributed by atoms with Crippen LogP contribution in [0.3, 0.4) is 0 Å². The van der Waals surface area contributed by atoms with Crippen molar-refractivity contribution in [2.24, 2.45) is 12.8 Å². The number of aryl methyl sites for hydroxylation is 2. The molecule has 1 aromatic heterocycles. The van der Waals surface area contributed by atoms with E-state index in [1.54, 1.807) is 4.68 Å². The van der Waals surface area contributed by atoms with E-state index in [1.165, 1.54) is 5.56 Å². The fourth-order valence-corrected chi connectivity index (χ4v) is 2.28. The molecule has 0 saturated carbocycles. The molecule has 1 aromatic rings. The lowest BCUT2D eigenvalue weighted by atomic mass is 10.0. The summed E-state index contributed by atoms with van der Waals surface area (Å²) < 4.78 is 1.73. The Balaban J connectivity index is 2.43. The van der Waals surface area contributed by atoms with Gasteiger partial charge in [0.15, 0.2) is 0 Å². The smallest absolute Gasteiger partial charge is 0.130 e. The molecule has 3 nitrogen and oxygen atoms in total. The molecule has 4 heteroatoms. The van der Waals surface area contributed by atoms with Crippen LogP contribution in [0.4, 0.5) is 0 Å². The first-order valence-electron chi connectivity index (χ1n) is 5.99. The number of hydrogen-bond donors (Lipinski definition) is 1. The van der Waals surface area contributed by atoms with Gasteiger partial charge in [0.2, 0.25) is 0 Å². The first-order valence-corrected chi connectivity index (χ1v) is 6.37. The Bertz CT molecular complexity index is 333. The van der Waals surface area contributed by atoms with E-state index in [2.05, 4.69) is 12.0 Å². The fourth-order valence-electron chi connectivity index (χ4n) is 2.01. The Morgan fingerprint density at radius 2 is 2.12 bits per heavy atom. The number of rotatable bonds is 6. The van der Waals surface area contributed by atoms with Crippen LogP contribution in [0.5, 0.6) is 0 Å². The van der Waals surface area contributed by atoms with Crippen LogP contribution in [0.2, 0.25) is 5.15 Å². The zero-order valence-corrected chi connectivity index (χ0v) is 11.2. The van der Waals surface area contributed by atoms with Crippen molar-refractivity contribution < 1.29 is 0 Å². The SMILES string of the molecule is CCCC(N)CCCc1c(C)nn(C)c1Cl. The zero-order valence-electron chi connectivity index (χ0n) is 10.5. The molecule has 0 aromatic carbocycles. The molecule has 1 heterocycles. The fraction of sp³-hybridized carbons (Fsp3) is 0.750. The maximum absolute atomic E-state index is 6.16. The first kappa shape index (κ1) is 13.5. The van der Waals surface area contributed by atoms with Gasteiger partial charge < -0.3 is 5.73 Å². The lowest BCUT2D eigenvalue weighted by molar-refractivity contribution is 0.539. The van der Waals surface area contributed by atoms with Crippen LogP contribution in [0.25, 0.3) is 0 Å². The van der Waals surface area contributed by atoms with E-state index in [0.717, 1.165) is 43.0 Å². The van der Waals surface area contributed by atoms with Crippen LogP contribution >= 0.6 is 11.6 Å². The second-order valence-corrected chi connectivity index (χ2v) is 4.78. The van der Waals surface area contributed by atoms with Crippen molar-refractivity contribution >= 4 is 11.6 Å². The molecule has 0 aliphatic heterocycles. The molecule has 16 heavy (non-hydrogen) atoms. The van der Waals surface area contributed by atoms with Crippen molar-refractivity contribution in [2.75, 3.05) is 0 Å². The molecule has 1 atom stereocenters. The summed E-state index contributed by atoms with van der Waals surface area (Å²) in [7, 11) is 1.88. The topological polar surface area (TPSA) is 43.8 Å². The van der Waals surface area contributed by atoms with Crippen molar-refractivity contribution in [3.8, 4) is 0 Å². The summed E-state index contributed by atoms with van der Waals surface area (Å²) in [6, 6.07) is 0.334. The first-order chi connectivity index (χ1) is 7.56. The molecule has 1 unspecified atom stereocenters. The second-order valence-electron chi connectivity index (χ2n) is 4.42. The van der Waals surface area contributed by atoms with Crippen LogP contribution in [-0.2, 0) is 13.5 Å². The van der Waals surface area contributed by atoms with Crippen molar-refractivity contribution in [3.05, 3.63) is 16.4 Å². The number of aromatic nitrogens is 2. The van der Waals surface area contributed by atoms with Gasteiger partial charge in [0.05, 0.1) is 5.69 Å². The van der Waals surface area contributed by atoms with Crippen molar-refractivity contribution in [3.63, 3.8) is 0 Å². The molecule has 0 bridgehead atoms. The molecule has 1 rings (SSSR count). The average Bonchev–Trinajstić information content (AvgIpc) is 2.45. The van der Waals surface area contributed by atoms with E-state index in [4.69, 9.17) is 17.3 Å². The molecule has 0 saturated heterocycles. The summed E-state index contributed by atoms with van der Waals surface area (Å²) in [5.41, 5.74) is 8.19. The van der Waals surface area contributed by atoms with Crippen LogP contribution in [0, 0.1) is 6.92 Å². The third-order valence-corrected chi connectivity index (χ3v) is 3.40. The molecule has 0 spiro atoms. The third-order valence-electron chi connectivity index (χ3n) is 2.93. The minimum Gasteiger partial charge on any atom is -0.328 e. The highest BCUT2D eigenvalue weighted by Crippen LogP contribution is 2.21. The molecular formula is C12H22ClN3. The summed E-state index contributed by atoms with van der Waals surface area (Å²) in [6.07, 6.45) is 5.41. The van der Waals surface area contributed by atoms with E-state index < -0.39 is 0 Å². The summed E-state index contributed by atoms with van der Waals surface area (Å²) >= 11 is 6.16. The predicted molar refractivity (Wildman–Crippen MR) is 68.8 cm³/mol. The summed E-state index contributed by atoms with van der Waals surface area (Å²) in [6.45, 7) is 4.18. The Kier molecular flexibility index (Phi) is 5.29. The van der Waals surface area contributed by atoms with E-state index in [0.29, 0.717) is 6.04 Å². The largest absolute Gasteiger partial charge is 0.328 e. The van der Waals surface area contributed by atoms with E-state index in [1.807, 2.05) is 14.0 Å². The highest BCUT2D eigenvalue weighted by molar-refractivity contribution is 6.30. The molecule has 2 N–H and O–H groups in total. The third kappa shape index (κ3) is 3.49. The number of nitrogens with zero attached hydrogens (tertiary/aromatic N) is 2. The van der Waals surface area contributed by atoms with Gasteiger partial charge in [-0.3, -0.25) is 4.68 Å². The van der Waals surface area contributed by atoms with Crippen molar-refractivity contribution in [1.29, 1.82) is 0 Å². The highest BCUT2D eigenvalue weighted by atomic mass is 35.5. The summed E-state index contributed by atoms with van der Waals surface area (Å²) in [4.78, 5) is 0. The molecular weight excluding hydrogens is 222 g/mol. The van der Waals surface area contributed by atoms with Gasteiger partial charge in [-0.05, 0) is 32.6 Å². The summed E-state index contributed by atoms with van der Waals surface area (Å²) in [5, 5.41) is 5.06. The molecule has 92 valence electrons. The average molecular weight is 244 g/mol. The normalized spacial score (nSPS) is 13.1. The molecule has 0 aliphatic rings. The number of halogens is 1. The van der Waals surface area contributed by atoms with Crippen LogP contribution in [-0.4, -0.2) is 15.8 Å². The van der Waals surface area contributed by atoms with Gasteiger partial charge in [-0.1, -0.05) is 24.9 Å². The minimum atomic E-state index is 0.334. The van der Waals surface area contributed by atoms with Gasteiger partial charge in [0, 0.05) is 18.7 Å². The molecule has 0 radical (unpaired) electrons. The summed E-state index contributed by atoms with van der Waals surface area (Å²) in [5.74, 6) is 0. The van der Waals surface area contributed by atoms with Crippen LogP contribution in [0.15, 0.2) is 0 Å². The maximum atomic E-state index is 6.16. The van der Waals surface area contributed by atoms with Crippen LogP contribution in [0.1, 0.15) is 43.9 Å². The standard InChI is InChI=1S/C12H22ClN3/c1-4-6-10(14)7-5-8-11-9(2)15-16(3)12(11)13/h10H,4-8,14H2,1-3H3. The van der Waals surface area contributed by atoms with E-state index in [-0.39, 0.29) is 0 Å². The monoisotopic (exact) mass is 243 g/mol. The Morgan fingerprint density at radius 3 is 2.62 bits per heavy atom. The van der Waals surface area contributed by atoms with Crippen molar-refractivity contribution in [2.45, 2.75) is 52.0 Å². The Morgan fingerprint density at radius 1 is 1.44 bits per heavy atom. The van der Waals surface area contributed by atoms with Gasteiger partial charge in [0.1, 0.15) is 5.15 Å². The van der Waals surface area contributed by atoms with Gasteiger partial charge in [-0.2, -0.15) is 5.10 Å².